The number of benzene rings is 1. The topological polar surface area (TPSA) is 137 Å². The molecule has 1 aromatic carbocycles. The van der Waals surface area contributed by atoms with Crippen LogP contribution in [0.5, 0.6) is 5.75 Å². The first-order valence-corrected chi connectivity index (χ1v) is 13.8. The number of aryl methyl sites for hydroxylation is 1. The van der Waals surface area contributed by atoms with Crippen molar-refractivity contribution in [3.8, 4) is 17.3 Å². The minimum absolute atomic E-state index is 0.110. The van der Waals surface area contributed by atoms with E-state index in [0.717, 1.165) is 0 Å². The van der Waals surface area contributed by atoms with Gasteiger partial charge in [-0.15, -0.1) is 5.10 Å². The van der Waals surface area contributed by atoms with Crippen molar-refractivity contribution < 1.29 is 17.9 Å². The van der Waals surface area contributed by atoms with Gasteiger partial charge >= 0.3 is 5.69 Å². The van der Waals surface area contributed by atoms with E-state index >= 15 is 0 Å². The van der Waals surface area contributed by atoms with Crippen LogP contribution in [-0.4, -0.2) is 91.7 Å². The predicted molar refractivity (Wildman–Crippen MR) is 151 cm³/mol. The van der Waals surface area contributed by atoms with Gasteiger partial charge in [-0.2, -0.15) is 9.50 Å². The highest BCUT2D eigenvalue weighted by molar-refractivity contribution is 5.88. The number of piperazine rings is 1. The molecule has 0 unspecified atom stereocenters. The molecule has 2 aliphatic rings. The van der Waals surface area contributed by atoms with Crippen LogP contribution in [0, 0.1) is 5.82 Å². The fourth-order valence-electron chi connectivity index (χ4n) is 5.69. The lowest BCUT2D eigenvalue weighted by Crippen LogP contribution is -2.47. The first-order chi connectivity index (χ1) is 20.4. The number of hydrogen-bond acceptors (Lipinski definition) is 10. The lowest BCUT2D eigenvalue weighted by Gasteiger charge is -2.36. The number of halogens is 2. The van der Waals surface area contributed by atoms with Crippen LogP contribution in [0.1, 0.15) is 0 Å². The van der Waals surface area contributed by atoms with E-state index in [4.69, 9.17) is 14.9 Å². The number of nitrogens with zero attached hydrogens (tertiary/aromatic N) is 8. The van der Waals surface area contributed by atoms with E-state index in [9.17, 15) is 13.6 Å². The quantitative estimate of drug-likeness (QED) is 0.290. The first kappa shape index (κ1) is 26.4. The molecule has 4 aromatic heterocycles. The Bertz CT molecular complexity index is 1810. The Morgan fingerprint density at radius 1 is 1.12 bits per heavy atom. The SMILES string of the molecule is Cn1c(=O)n(CCN2CCN(c3ccc(O[C@H]4CNC[C@@H]4F)cc3F)CC2)c2nc(N)n3nc(-c4ccco4)nc3c21. The third-order valence-corrected chi connectivity index (χ3v) is 7.97. The maximum absolute atomic E-state index is 15.0. The summed E-state index contributed by atoms with van der Waals surface area (Å²) in [5.74, 6) is 0.858. The van der Waals surface area contributed by atoms with E-state index in [0.29, 0.717) is 85.6 Å². The van der Waals surface area contributed by atoms with Gasteiger partial charge in [-0.1, -0.05) is 0 Å². The Hall–Kier alpha value is -4.50. The van der Waals surface area contributed by atoms with Gasteiger partial charge < -0.3 is 25.1 Å². The van der Waals surface area contributed by atoms with Crippen molar-refractivity contribution in [3.63, 3.8) is 0 Å². The van der Waals surface area contributed by atoms with Crippen LogP contribution in [0.3, 0.4) is 0 Å². The summed E-state index contributed by atoms with van der Waals surface area (Å²) in [5.41, 5.74) is 7.84. The van der Waals surface area contributed by atoms with Crippen molar-refractivity contribution >= 4 is 28.4 Å². The predicted octanol–water partition coefficient (Wildman–Crippen LogP) is 1.27. The summed E-state index contributed by atoms with van der Waals surface area (Å²) < 4.78 is 44.4. The Balaban J connectivity index is 1.04. The third kappa shape index (κ3) is 4.54. The monoisotopic (exact) mass is 580 g/mol. The number of nitrogens with one attached hydrogen (secondary N) is 1. The highest BCUT2D eigenvalue weighted by Gasteiger charge is 2.29. The summed E-state index contributed by atoms with van der Waals surface area (Å²) in [5, 5.41) is 7.34. The number of nitrogens with two attached hydrogens (primary N) is 1. The molecule has 15 heteroatoms. The summed E-state index contributed by atoms with van der Waals surface area (Å²) in [4.78, 5) is 26.5. The van der Waals surface area contributed by atoms with Gasteiger partial charge in [0.25, 0.3) is 0 Å². The molecule has 5 aromatic rings. The van der Waals surface area contributed by atoms with Crippen molar-refractivity contribution in [3.05, 3.63) is 52.9 Å². The number of fused-ring (bicyclic) bond motifs is 3. The molecule has 3 N–H and O–H groups in total. The standard InChI is InChI=1S/C27H30F2N10O3/c1-35-22-24(33-26(30)39-25(22)32-23(34-39)20-3-2-12-41-20)38(27(35)40)11-8-36-6-9-37(10-7-36)19-5-4-16(13-17(19)28)42-21-15-31-14-18(21)29/h2-5,12-13,18,21,31H,6-11,14-15H2,1H3,(H2,30,33)/t18-,21-/m0/s1. The maximum Gasteiger partial charge on any atom is 0.330 e. The summed E-state index contributed by atoms with van der Waals surface area (Å²) in [6, 6.07) is 8.18. The molecule has 2 atom stereocenters. The largest absolute Gasteiger partial charge is 0.486 e. The van der Waals surface area contributed by atoms with Crippen LogP contribution in [0.4, 0.5) is 20.4 Å². The molecule has 2 saturated heterocycles. The van der Waals surface area contributed by atoms with Crippen LogP contribution in [-0.2, 0) is 13.6 Å². The van der Waals surface area contributed by atoms with Gasteiger partial charge in [0.2, 0.25) is 11.8 Å². The molecule has 0 saturated carbocycles. The van der Waals surface area contributed by atoms with Crippen molar-refractivity contribution in [1.82, 2.24) is 38.9 Å². The van der Waals surface area contributed by atoms with Crippen LogP contribution >= 0.6 is 0 Å². The maximum atomic E-state index is 15.0. The lowest BCUT2D eigenvalue weighted by molar-refractivity contribution is 0.139. The van der Waals surface area contributed by atoms with Gasteiger partial charge in [-0.25, -0.2) is 18.6 Å². The molecular weight excluding hydrogens is 550 g/mol. The van der Waals surface area contributed by atoms with E-state index in [2.05, 4.69) is 25.3 Å². The molecule has 0 amide bonds. The van der Waals surface area contributed by atoms with Gasteiger partial charge in [0.05, 0.1) is 12.0 Å². The molecule has 0 radical (unpaired) electrons. The summed E-state index contributed by atoms with van der Waals surface area (Å²) in [7, 11) is 1.67. The van der Waals surface area contributed by atoms with Crippen LogP contribution in [0.2, 0.25) is 0 Å². The molecule has 42 heavy (non-hydrogen) atoms. The van der Waals surface area contributed by atoms with Crippen LogP contribution < -0.4 is 26.4 Å². The molecule has 0 bridgehead atoms. The number of rotatable bonds is 7. The highest BCUT2D eigenvalue weighted by atomic mass is 19.1. The number of anilines is 2. The smallest absolute Gasteiger partial charge is 0.330 e. The highest BCUT2D eigenvalue weighted by Crippen LogP contribution is 2.27. The average Bonchev–Trinajstić information content (AvgIpc) is 3.78. The molecule has 0 spiro atoms. The van der Waals surface area contributed by atoms with Crippen LogP contribution in [0.25, 0.3) is 28.4 Å². The minimum Gasteiger partial charge on any atom is -0.486 e. The van der Waals surface area contributed by atoms with Crippen molar-refractivity contribution in [2.75, 3.05) is 56.4 Å². The number of ether oxygens (including phenoxy) is 1. The van der Waals surface area contributed by atoms with E-state index in [1.165, 1.54) is 21.4 Å². The third-order valence-electron chi connectivity index (χ3n) is 7.97. The fraction of sp³-hybridized carbons (Fsp3) is 0.407. The van der Waals surface area contributed by atoms with E-state index in [1.807, 2.05) is 4.90 Å². The Morgan fingerprint density at radius 2 is 1.95 bits per heavy atom. The molecule has 0 aliphatic carbocycles. The molecule has 6 heterocycles. The summed E-state index contributed by atoms with van der Waals surface area (Å²) >= 11 is 0. The molecular formula is C27H30F2N10O3. The van der Waals surface area contributed by atoms with Crippen molar-refractivity contribution in [2.24, 2.45) is 7.05 Å². The second-order valence-corrected chi connectivity index (χ2v) is 10.6. The van der Waals surface area contributed by atoms with Crippen LogP contribution in [0.15, 0.2) is 45.8 Å². The van der Waals surface area contributed by atoms with Gasteiger partial charge in [-0.05, 0) is 24.3 Å². The number of furan rings is 1. The minimum atomic E-state index is -1.11. The lowest BCUT2D eigenvalue weighted by atomic mass is 10.2. The Morgan fingerprint density at radius 3 is 2.67 bits per heavy atom. The average molecular weight is 581 g/mol. The summed E-state index contributed by atoms with van der Waals surface area (Å²) in [6.45, 7) is 4.23. The number of imidazole rings is 1. The zero-order valence-electron chi connectivity index (χ0n) is 22.9. The summed E-state index contributed by atoms with van der Waals surface area (Å²) in [6.07, 6.45) is -0.187. The first-order valence-electron chi connectivity index (χ1n) is 13.8. The van der Waals surface area contributed by atoms with E-state index in [-0.39, 0.29) is 18.2 Å². The number of aromatic nitrogens is 6. The van der Waals surface area contributed by atoms with E-state index < -0.39 is 18.1 Å². The number of hydrogen-bond donors (Lipinski definition) is 2. The number of nitrogen functional groups attached to an aromatic ring is 1. The Labute approximate surface area is 238 Å². The van der Waals surface area contributed by atoms with Gasteiger partial charge in [-0.3, -0.25) is 14.0 Å². The van der Waals surface area contributed by atoms with E-state index in [1.54, 1.807) is 35.9 Å². The van der Waals surface area contributed by atoms with Gasteiger partial charge in [0, 0.05) is 65.5 Å². The number of alkyl halides is 1. The molecule has 13 nitrogen and oxygen atoms in total. The second-order valence-electron chi connectivity index (χ2n) is 10.6. The van der Waals surface area contributed by atoms with Gasteiger partial charge in [0.1, 0.15) is 23.2 Å². The molecule has 7 rings (SSSR count). The molecule has 2 fully saturated rings. The zero-order valence-corrected chi connectivity index (χ0v) is 22.9. The fourth-order valence-corrected chi connectivity index (χ4v) is 5.69. The zero-order chi connectivity index (χ0) is 29.0. The second kappa shape index (κ2) is 10.4. The molecule has 220 valence electrons. The normalized spacial score (nSPS) is 19.8. The molecule has 2 aliphatic heterocycles. The van der Waals surface area contributed by atoms with Gasteiger partial charge in [0.15, 0.2) is 23.2 Å². The van der Waals surface area contributed by atoms with Crippen molar-refractivity contribution in [2.45, 2.75) is 18.8 Å². The Kier molecular flexibility index (Phi) is 6.54. The van der Waals surface area contributed by atoms with Crippen molar-refractivity contribution in [1.29, 1.82) is 0 Å².